The van der Waals surface area contributed by atoms with E-state index >= 15 is 0 Å². The topological polar surface area (TPSA) is 49.8 Å². The van der Waals surface area contributed by atoms with Crippen LogP contribution in [-0.4, -0.2) is 22.6 Å². The van der Waals surface area contributed by atoms with Crippen LogP contribution >= 0.6 is 0 Å². The van der Waals surface area contributed by atoms with Crippen LogP contribution in [0, 0.1) is 0 Å². The molecule has 0 atom stereocenters. The molecule has 1 heterocycles. The third-order valence-electron chi connectivity index (χ3n) is 2.68. The lowest BCUT2D eigenvalue weighted by Crippen LogP contribution is -2.20. The van der Waals surface area contributed by atoms with Gasteiger partial charge in [0.1, 0.15) is 11.6 Å². The maximum absolute atomic E-state index is 12.7. The van der Waals surface area contributed by atoms with Crippen molar-refractivity contribution in [2.45, 2.75) is 45.8 Å². The number of nitrogens with zero attached hydrogens (tertiary/aromatic N) is 2. The molecule has 0 amide bonds. The van der Waals surface area contributed by atoms with E-state index in [0.29, 0.717) is 6.54 Å². The molecular weight excluding hydrogens is 257 g/mol. The van der Waals surface area contributed by atoms with Gasteiger partial charge in [0.2, 0.25) is 5.82 Å². The van der Waals surface area contributed by atoms with E-state index in [1.165, 1.54) is 6.07 Å². The van der Waals surface area contributed by atoms with Gasteiger partial charge in [-0.1, -0.05) is 13.8 Å². The Morgan fingerprint density at radius 1 is 1.11 bits per heavy atom. The first-order valence-corrected chi connectivity index (χ1v) is 6.37. The van der Waals surface area contributed by atoms with E-state index in [0.717, 1.165) is 12.8 Å². The van der Waals surface area contributed by atoms with E-state index in [2.05, 4.69) is 20.6 Å². The van der Waals surface area contributed by atoms with Crippen LogP contribution in [0.25, 0.3) is 0 Å². The molecular formula is C12H19F3N4. The molecule has 0 aliphatic carbocycles. The average Bonchev–Trinajstić information content (AvgIpc) is 2.35. The van der Waals surface area contributed by atoms with Gasteiger partial charge in [0.15, 0.2) is 0 Å². The van der Waals surface area contributed by atoms with Crippen LogP contribution in [0.5, 0.6) is 0 Å². The van der Waals surface area contributed by atoms with Gasteiger partial charge in [-0.15, -0.1) is 0 Å². The van der Waals surface area contributed by atoms with Crippen LogP contribution in [0.4, 0.5) is 24.8 Å². The van der Waals surface area contributed by atoms with Crippen molar-refractivity contribution in [3.8, 4) is 0 Å². The van der Waals surface area contributed by atoms with Crippen molar-refractivity contribution in [1.82, 2.24) is 9.97 Å². The van der Waals surface area contributed by atoms with Gasteiger partial charge in [0, 0.05) is 18.7 Å². The molecule has 1 rings (SSSR count). The quantitative estimate of drug-likeness (QED) is 0.834. The third-order valence-corrected chi connectivity index (χ3v) is 2.68. The second-order valence-electron chi connectivity index (χ2n) is 4.15. The lowest BCUT2D eigenvalue weighted by Gasteiger charge is -2.17. The fourth-order valence-electron chi connectivity index (χ4n) is 1.62. The summed E-state index contributed by atoms with van der Waals surface area (Å²) in [6.45, 7) is 6.23. The van der Waals surface area contributed by atoms with Gasteiger partial charge in [-0.2, -0.15) is 13.2 Å². The molecule has 0 saturated heterocycles. The summed E-state index contributed by atoms with van der Waals surface area (Å²) in [5.74, 6) is -0.746. The highest BCUT2D eigenvalue weighted by Crippen LogP contribution is 2.28. The first-order valence-electron chi connectivity index (χ1n) is 6.37. The molecule has 0 unspecified atom stereocenters. The highest BCUT2D eigenvalue weighted by Gasteiger charge is 2.35. The minimum atomic E-state index is -4.55. The van der Waals surface area contributed by atoms with Gasteiger partial charge in [0.25, 0.3) is 0 Å². The minimum Gasteiger partial charge on any atom is -0.370 e. The largest absolute Gasteiger partial charge is 0.451 e. The highest BCUT2D eigenvalue weighted by molar-refractivity contribution is 5.48. The Bertz CT molecular complexity index is 402. The van der Waals surface area contributed by atoms with Crippen LogP contribution in [-0.2, 0) is 6.18 Å². The van der Waals surface area contributed by atoms with Gasteiger partial charge in [-0.25, -0.2) is 9.97 Å². The number of halogens is 3. The van der Waals surface area contributed by atoms with E-state index in [9.17, 15) is 13.2 Å². The van der Waals surface area contributed by atoms with E-state index in [-0.39, 0.29) is 17.7 Å². The molecule has 0 aliphatic rings. The van der Waals surface area contributed by atoms with Crippen LogP contribution in [0.3, 0.4) is 0 Å². The van der Waals surface area contributed by atoms with E-state index in [1.54, 1.807) is 6.92 Å². The van der Waals surface area contributed by atoms with Gasteiger partial charge >= 0.3 is 6.18 Å². The zero-order valence-corrected chi connectivity index (χ0v) is 11.3. The fraction of sp³-hybridized carbons (Fsp3) is 0.667. The number of hydrogen-bond donors (Lipinski definition) is 2. The summed E-state index contributed by atoms with van der Waals surface area (Å²) in [6, 6.07) is 1.60. The maximum Gasteiger partial charge on any atom is 0.451 e. The van der Waals surface area contributed by atoms with Crippen LogP contribution < -0.4 is 10.6 Å². The Morgan fingerprint density at radius 2 is 1.68 bits per heavy atom. The summed E-state index contributed by atoms with van der Waals surface area (Å²) in [6.07, 6.45) is -2.91. The molecule has 0 aromatic carbocycles. The van der Waals surface area contributed by atoms with Gasteiger partial charge in [-0.3, -0.25) is 0 Å². The molecule has 0 aliphatic heterocycles. The summed E-state index contributed by atoms with van der Waals surface area (Å²) >= 11 is 0. The Kier molecular flexibility index (Phi) is 5.38. The van der Waals surface area contributed by atoms with Gasteiger partial charge < -0.3 is 10.6 Å². The summed E-state index contributed by atoms with van der Waals surface area (Å²) in [4.78, 5) is 7.00. The second-order valence-corrected chi connectivity index (χ2v) is 4.15. The van der Waals surface area contributed by atoms with E-state index in [4.69, 9.17) is 0 Å². The number of rotatable bonds is 6. The molecule has 19 heavy (non-hydrogen) atoms. The first-order chi connectivity index (χ1) is 8.90. The van der Waals surface area contributed by atoms with Crippen molar-refractivity contribution in [1.29, 1.82) is 0 Å². The van der Waals surface area contributed by atoms with Crippen molar-refractivity contribution in [3.63, 3.8) is 0 Å². The molecule has 1 aromatic heterocycles. The number of aromatic nitrogens is 2. The molecule has 4 nitrogen and oxygen atoms in total. The van der Waals surface area contributed by atoms with Crippen LogP contribution in [0.15, 0.2) is 6.07 Å². The average molecular weight is 276 g/mol. The molecule has 0 bridgehead atoms. The zero-order valence-electron chi connectivity index (χ0n) is 11.3. The monoisotopic (exact) mass is 276 g/mol. The highest BCUT2D eigenvalue weighted by atomic mass is 19.4. The predicted molar refractivity (Wildman–Crippen MR) is 69.2 cm³/mol. The molecule has 1 aromatic rings. The molecule has 0 saturated carbocycles. The Labute approximate surface area is 110 Å². The van der Waals surface area contributed by atoms with Crippen LogP contribution in [0.1, 0.15) is 39.4 Å². The fourth-order valence-corrected chi connectivity index (χ4v) is 1.62. The molecule has 0 fully saturated rings. The van der Waals surface area contributed by atoms with Gasteiger partial charge in [-0.05, 0) is 19.8 Å². The zero-order chi connectivity index (χ0) is 14.5. The summed E-state index contributed by atoms with van der Waals surface area (Å²) in [7, 11) is 0. The molecule has 0 radical (unpaired) electrons. The van der Waals surface area contributed by atoms with Crippen molar-refractivity contribution in [2.24, 2.45) is 0 Å². The predicted octanol–water partition coefficient (Wildman–Crippen LogP) is 3.53. The molecule has 2 N–H and O–H groups in total. The summed E-state index contributed by atoms with van der Waals surface area (Å²) in [5.41, 5.74) is 0. The van der Waals surface area contributed by atoms with Crippen molar-refractivity contribution >= 4 is 11.6 Å². The lowest BCUT2D eigenvalue weighted by atomic mass is 10.2. The first kappa shape index (κ1) is 15.5. The van der Waals surface area contributed by atoms with Crippen molar-refractivity contribution < 1.29 is 13.2 Å². The standard InChI is InChI=1S/C12H19F3N4/c1-4-8(5-2)17-10-7-9(16-6-3)18-11(19-10)12(13,14)15/h7-8H,4-6H2,1-3H3,(H2,16,17,18,19). The van der Waals surface area contributed by atoms with Crippen molar-refractivity contribution in [3.05, 3.63) is 11.9 Å². The van der Waals surface area contributed by atoms with E-state index in [1.807, 2.05) is 13.8 Å². The molecule has 7 heteroatoms. The molecule has 108 valence electrons. The summed E-state index contributed by atoms with van der Waals surface area (Å²) < 4.78 is 38.1. The number of nitrogens with one attached hydrogen (secondary N) is 2. The van der Waals surface area contributed by atoms with Gasteiger partial charge in [0.05, 0.1) is 0 Å². The second kappa shape index (κ2) is 6.58. The third kappa shape index (κ3) is 4.57. The van der Waals surface area contributed by atoms with Crippen molar-refractivity contribution in [2.75, 3.05) is 17.2 Å². The lowest BCUT2D eigenvalue weighted by molar-refractivity contribution is -0.144. The SMILES string of the molecule is CCNc1cc(NC(CC)CC)nc(C(F)(F)F)n1. The minimum absolute atomic E-state index is 0.102. The number of alkyl halides is 3. The summed E-state index contributed by atoms with van der Waals surface area (Å²) in [5, 5.41) is 5.78. The Morgan fingerprint density at radius 3 is 2.16 bits per heavy atom. The number of anilines is 2. The smallest absolute Gasteiger partial charge is 0.370 e. The number of hydrogen-bond acceptors (Lipinski definition) is 4. The van der Waals surface area contributed by atoms with Crippen LogP contribution in [0.2, 0.25) is 0 Å². The Balaban J connectivity index is 3.05. The normalized spacial score (nSPS) is 11.7. The Hall–Kier alpha value is -1.53. The maximum atomic E-state index is 12.7. The molecule has 0 spiro atoms. The van der Waals surface area contributed by atoms with E-state index < -0.39 is 12.0 Å².